The summed E-state index contributed by atoms with van der Waals surface area (Å²) in [7, 11) is 0. The van der Waals surface area contributed by atoms with Gasteiger partial charge in [-0.1, -0.05) is 18.5 Å². The number of benzene rings is 1. The smallest absolute Gasteiger partial charge is 0.220 e. The topological polar surface area (TPSA) is 71.1 Å². The first-order valence-electron chi connectivity index (χ1n) is 8.09. The Bertz CT molecular complexity index is 813. The second-order valence-electron chi connectivity index (χ2n) is 6.15. The maximum absolute atomic E-state index is 12.3. The lowest BCUT2D eigenvalue weighted by molar-refractivity contribution is -0.122. The molecule has 1 fully saturated rings. The van der Waals surface area contributed by atoms with E-state index in [9.17, 15) is 9.59 Å². The number of ketones is 1. The van der Waals surface area contributed by atoms with Crippen LogP contribution in [-0.2, 0) is 10.3 Å². The number of Topliss-reactive ketones (excluding diaryl/α,β-unsaturated/α-hetero) is 1. The van der Waals surface area contributed by atoms with Gasteiger partial charge >= 0.3 is 0 Å². The molecule has 3 rings (SSSR count). The quantitative estimate of drug-likeness (QED) is 0.836. The van der Waals surface area contributed by atoms with Crippen LogP contribution in [0.15, 0.2) is 24.4 Å². The normalized spacial score (nSPS) is 20.3. The van der Waals surface area contributed by atoms with E-state index in [0.29, 0.717) is 35.5 Å². The molecule has 1 aliphatic rings. The van der Waals surface area contributed by atoms with Crippen molar-refractivity contribution in [2.24, 2.45) is 0 Å². The van der Waals surface area contributed by atoms with Gasteiger partial charge in [-0.25, -0.2) is 0 Å². The van der Waals surface area contributed by atoms with E-state index in [1.54, 1.807) is 12.3 Å². The third-order valence-electron chi connectivity index (χ3n) is 4.56. The molecule has 24 heavy (non-hydrogen) atoms. The Kier molecular flexibility index (Phi) is 4.56. The molecule has 126 valence electrons. The number of hydrogen-bond donors (Lipinski definition) is 2. The number of carbonyl (C=O) groups is 2. The van der Waals surface area contributed by atoms with Gasteiger partial charge in [0, 0.05) is 35.7 Å². The molecule has 2 heterocycles. The second kappa shape index (κ2) is 6.49. The van der Waals surface area contributed by atoms with Crippen molar-refractivity contribution in [2.45, 2.75) is 32.2 Å². The molecule has 6 heteroatoms. The predicted molar refractivity (Wildman–Crippen MR) is 94.4 cm³/mol. The average molecular weight is 346 g/mol. The Morgan fingerprint density at radius 1 is 1.46 bits per heavy atom. The molecule has 1 amide bonds. The van der Waals surface area contributed by atoms with Gasteiger partial charge < -0.3 is 10.6 Å². The maximum atomic E-state index is 12.3. The highest BCUT2D eigenvalue weighted by molar-refractivity contribution is 6.36. The van der Waals surface area contributed by atoms with Crippen LogP contribution < -0.4 is 10.6 Å². The van der Waals surface area contributed by atoms with Crippen molar-refractivity contribution >= 4 is 34.2 Å². The summed E-state index contributed by atoms with van der Waals surface area (Å²) in [5, 5.41) is 7.71. The third kappa shape index (κ3) is 2.78. The summed E-state index contributed by atoms with van der Waals surface area (Å²) in [5.74, 6) is -0.135. The summed E-state index contributed by atoms with van der Waals surface area (Å²) in [5.41, 5.74) is 1.31. The molecule has 0 spiro atoms. The molecule has 0 aliphatic carbocycles. The first-order chi connectivity index (χ1) is 11.5. The molecular weight excluding hydrogens is 326 g/mol. The SMILES string of the molecule is CCC(=O)N[C@]1(c2c(C(C)=O)cc(Cl)c3cccnc23)CCNC1. The van der Waals surface area contributed by atoms with Gasteiger partial charge in [-0.3, -0.25) is 14.6 Å². The zero-order chi connectivity index (χ0) is 17.3. The Morgan fingerprint density at radius 3 is 2.88 bits per heavy atom. The summed E-state index contributed by atoms with van der Waals surface area (Å²) < 4.78 is 0. The number of amides is 1. The molecule has 2 aromatic rings. The molecule has 1 saturated heterocycles. The van der Waals surface area contributed by atoms with Crippen molar-refractivity contribution in [3.63, 3.8) is 0 Å². The van der Waals surface area contributed by atoms with Gasteiger partial charge in [-0.2, -0.15) is 0 Å². The number of halogens is 1. The molecule has 5 nitrogen and oxygen atoms in total. The van der Waals surface area contributed by atoms with Gasteiger partial charge in [0.2, 0.25) is 5.91 Å². The number of aromatic nitrogens is 1. The van der Waals surface area contributed by atoms with Crippen LogP contribution in [0.4, 0.5) is 0 Å². The molecule has 1 aromatic heterocycles. The van der Waals surface area contributed by atoms with Crippen LogP contribution in [0.1, 0.15) is 42.6 Å². The first kappa shape index (κ1) is 16.9. The summed E-state index contributed by atoms with van der Waals surface area (Å²) in [4.78, 5) is 28.9. The van der Waals surface area contributed by atoms with E-state index in [-0.39, 0.29) is 11.7 Å². The monoisotopic (exact) mass is 345 g/mol. The van der Waals surface area contributed by atoms with Crippen molar-refractivity contribution in [3.05, 3.63) is 40.5 Å². The molecule has 1 aliphatic heterocycles. The van der Waals surface area contributed by atoms with Crippen molar-refractivity contribution in [1.29, 1.82) is 0 Å². The minimum atomic E-state index is -0.648. The fourth-order valence-electron chi connectivity index (χ4n) is 3.39. The van der Waals surface area contributed by atoms with Crippen molar-refractivity contribution in [2.75, 3.05) is 13.1 Å². The number of nitrogens with one attached hydrogen (secondary N) is 2. The second-order valence-corrected chi connectivity index (χ2v) is 6.55. The van der Waals surface area contributed by atoms with Crippen LogP contribution in [0.25, 0.3) is 10.9 Å². The van der Waals surface area contributed by atoms with E-state index in [4.69, 9.17) is 11.6 Å². The summed E-state index contributed by atoms with van der Waals surface area (Å²) >= 11 is 6.37. The molecule has 0 saturated carbocycles. The Balaban J connectivity index is 2.33. The number of hydrogen-bond acceptors (Lipinski definition) is 4. The van der Waals surface area contributed by atoms with Crippen molar-refractivity contribution < 1.29 is 9.59 Å². The number of carbonyl (C=O) groups excluding carboxylic acids is 2. The van der Waals surface area contributed by atoms with Gasteiger partial charge in [0.25, 0.3) is 0 Å². The van der Waals surface area contributed by atoms with Gasteiger partial charge in [0.15, 0.2) is 5.78 Å². The zero-order valence-electron chi connectivity index (χ0n) is 13.8. The van der Waals surface area contributed by atoms with E-state index >= 15 is 0 Å². The lowest BCUT2D eigenvalue weighted by Gasteiger charge is -2.32. The van der Waals surface area contributed by atoms with E-state index in [1.165, 1.54) is 6.92 Å². The van der Waals surface area contributed by atoms with Crippen LogP contribution in [-0.4, -0.2) is 29.8 Å². The molecule has 1 atom stereocenters. The summed E-state index contributed by atoms with van der Waals surface area (Å²) in [6.07, 6.45) is 2.77. The lowest BCUT2D eigenvalue weighted by atomic mass is 9.82. The van der Waals surface area contributed by atoms with Crippen LogP contribution in [0.3, 0.4) is 0 Å². The Morgan fingerprint density at radius 2 is 2.25 bits per heavy atom. The number of pyridine rings is 1. The molecule has 0 unspecified atom stereocenters. The highest BCUT2D eigenvalue weighted by Gasteiger charge is 2.41. The van der Waals surface area contributed by atoms with E-state index < -0.39 is 5.54 Å². The lowest BCUT2D eigenvalue weighted by Crippen LogP contribution is -2.48. The number of nitrogens with zero attached hydrogens (tertiary/aromatic N) is 1. The minimum Gasteiger partial charge on any atom is -0.345 e. The predicted octanol–water partition coefficient (Wildman–Crippen LogP) is 2.81. The fourth-order valence-corrected chi connectivity index (χ4v) is 3.65. The number of rotatable bonds is 4. The molecule has 2 N–H and O–H groups in total. The third-order valence-corrected chi connectivity index (χ3v) is 4.87. The first-order valence-corrected chi connectivity index (χ1v) is 8.46. The van der Waals surface area contributed by atoms with Crippen molar-refractivity contribution in [1.82, 2.24) is 15.6 Å². The highest BCUT2D eigenvalue weighted by atomic mass is 35.5. The van der Waals surface area contributed by atoms with E-state index in [0.717, 1.165) is 17.5 Å². The van der Waals surface area contributed by atoms with Gasteiger partial charge in [-0.15, -0.1) is 0 Å². The number of fused-ring (bicyclic) bond motifs is 1. The van der Waals surface area contributed by atoms with Crippen LogP contribution in [0, 0.1) is 0 Å². The zero-order valence-corrected chi connectivity index (χ0v) is 14.5. The maximum Gasteiger partial charge on any atom is 0.220 e. The van der Waals surface area contributed by atoms with Gasteiger partial charge in [-0.05, 0) is 38.1 Å². The van der Waals surface area contributed by atoms with E-state index in [1.807, 2.05) is 19.1 Å². The van der Waals surface area contributed by atoms with Gasteiger partial charge in [0.1, 0.15) is 0 Å². The van der Waals surface area contributed by atoms with E-state index in [2.05, 4.69) is 15.6 Å². The molecule has 1 aromatic carbocycles. The Labute approximate surface area is 145 Å². The summed E-state index contributed by atoms with van der Waals surface area (Å²) in [6.45, 7) is 4.65. The molecule has 0 bridgehead atoms. The van der Waals surface area contributed by atoms with Crippen LogP contribution >= 0.6 is 11.6 Å². The fraction of sp³-hybridized carbons (Fsp3) is 0.389. The summed E-state index contributed by atoms with van der Waals surface area (Å²) in [6, 6.07) is 5.40. The van der Waals surface area contributed by atoms with Crippen molar-refractivity contribution in [3.8, 4) is 0 Å². The van der Waals surface area contributed by atoms with Crippen LogP contribution in [0.5, 0.6) is 0 Å². The minimum absolute atomic E-state index is 0.0489. The Hall–Kier alpha value is -1.98. The van der Waals surface area contributed by atoms with Crippen LogP contribution in [0.2, 0.25) is 5.02 Å². The molecule has 0 radical (unpaired) electrons. The largest absolute Gasteiger partial charge is 0.345 e. The average Bonchev–Trinajstić information content (AvgIpc) is 3.03. The van der Waals surface area contributed by atoms with Gasteiger partial charge in [0.05, 0.1) is 16.1 Å². The standard InChI is InChI=1S/C18H20ClN3O2/c1-3-15(24)22-18(6-8-20-10-18)16-13(11(2)23)9-14(19)12-5-4-7-21-17(12)16/h4-5,7,9,20H,3,6,8,10H2,1-2H3,(H,22,24)/t18-/m1/s1. The molecular formula is C18H20ClN3O2. The highest BCUT2D eigenvalue weighted by Crippen LogP contribution is 2.38.